The number of pyridine rings is 1. The van der Waals surface area contributed by atoms with Gasteiger partial charge in [0.05, 0.1) is 0 Å². The van der Waals surface area contributed by atoms with Crippen molar-refractivity contribution in [2.75, 3.05) is 25.5 Å². The average Bonchev–Trinajstić information content (AvgIpc) is 2.56. The molecule has 1 aliphatic heterocycles. The van der Waals surface area contributed by atoms with E-state index in [9.17, 15) is 0 Å². The number of hydrogen-bond acceptors (Lipinski definition) is 3. The summed E-state index contributed by atoms with van der Waals surface area (Å²) >= 11 is 2.27. The van der Waals surface area contributed by atoms with Gasteiger partial charge in [-0.3, -0.25) is 0 Å². The van der Waals surface area contributed by atoms with Crippen LogP contribution in [-0.2, 0) is 0 Å². The Kier molecular flexibility index (Phi) is 3.22. The molecular formula is C10H14IN3. The number of nitrogens with zero attached hydrogens (tertiary/aromatic N) is 2. The summed E-state index contributed by atoms with van der Waals surface area (Å²) in [7, 11) is 2.16. The van der Waals surface area contributed by atoms with Crippen molar-refractivity contribution < 1.29 is 0 Å². The molecule has 0 aliphatic carbocycles. The minimum atomic E-state index is 0.563. The van der Waals surface area contributed by atoms with Gasteiger partial charge in [0.15, 0.2) is 0 Å². The lowest BCUT2D eigenvalue weighted by atomic mass is 10.2. The molecule has 2 rings (SSSR count). The monoisotopic (exact) mass is 303 g/mol. The average molecular weight is 303 g/mol. The van der Waals surface area contributed by atoms with Gasteiger partial charge in [0, 0.05) is 22.4 Å². The summed E-state index contributed by atoms with van der Waals surface area (Å²) in [4.78, 5) is 6.67. The zero-order chi connectivity index (χ0) is 9.97. The summed E-state index contributed by atoms with van der Waals surface area (Å²) in [5.41, 5.74) is 0. The Hall–Kier alpha value is -0.360. The summed E-state index contributed by atoms with van der Waals surface area (Å²) in [6.45, 7) is 2.30. The first-order valence-electron chi connectivity index (χ1n) is 4.80. The lowest BCUT2D eigenvalue weighted by Crippen LogP contribution is -2.23. The fourth-order valence-electron chi connectivity index (χ4n) is 1.72. The molecular weight excluding hydrogens is 289 g/mol. The van der Waals surface area contributed by atoms with Gasteiger partial charge in [-0.1, -0.05) is 0 Å². The highest BCUT2D eigenvalue weighted by atomic mass is 127. The van der Waals surface area contributed by atoms with Crippen LogP contribution in [0.4, 0.5) is 5.82 Å². The van der Waals surface area contributed by atoms with E-state index in [4.69, 9.17) is 0 Å². The minimum absolute atomic E-state index is 0.563. The molecule has 0 bridgehead atoms. The van der Waals surface area contributed by atoms with E-state index >= 15 is 0 Å². The van der Waals surface area contributed by atoms with Crippen LogP contribution in [0.2, 0.25) is 0 Å². The van der Waals surface area contributed by atoms with Crippen LogP contribution in [0.15, 0.2) is 18.3 Å². The summed E-state index contributed by atoms with van der Waals surface area (Å²) in [6, 6.07) is 4.68. The summed E-state index contributed by atoms with van der Waals surface area (Å²) in [5, 5.41) is 3.44. The van der Waals surface area contributed by atoms with Crippen molar-refractivity contribution in [3.63, 3.8) is 0 Å². The van der Waals surface area contributed by atoms with E-state index in [0.29, 0.717) is 6.04 Å². The van der Waals surface area contributed by atoms with E-state index in [1.165, 1.54) is 16.5 Å². The predicted octanol–water partition coefficient (Wildman–Crippen LogP) is 1.80. The van der Waals surface area contributed by atoms with Crippen LogP contribution in [0.1, 0.15) is 6.42 Å². The number of aromatic nitrogens is 1. The van der Waals surface area contributed by atoms with Crippen molar-refractivity contribution in [2.24, 2.45) is 0 Å². The number of anilines is 1. The summed E-state index contributed by atoms with van der Waals surface area (Å²) < 4.78 is 1.18. The first kappa shape index (κ1) is 10.2. The molecule has 2 heterocycles. The topological polar surface area (TPSA) is 28.2 Å². The smallest absolute Gasteiger partial charge is 0.126 e. The molecule has 1 atom stereocenters. The van der Waals surface area contributed by atoms with Crippen LogP contribution >= 0.6 is 22.6 Å². The van der Waals surface area contributed by atoms with Crippen molar-refractivity contribution in [1.82, 2.24) is 9.88 Å². The minimum Gasteiger partial charge on any atom is -0.366 e. The van der Waals surface area contributed by atoms with Gasteiger partial charge < -0.3 is 10.2 Å². The Morgan fingerprint density at radius 2 is 2.43 bits per heavy atom. The van der Waals surface area contributed by atoms with Gasteiger partial charge in [-0.25, -0.2) is 4.98 Å². The van der Waals surface area contributed by atoms with Crippen LogP contribution in [0.3, 0.4) is 0 Å². The third-order valence-electron chi connectivity index (χ3n) is 2.47. The maximum Gasteiger partial charge on any atom is 0.126 e. The van der Waals surface area contributed by atoms with Gasteiger partial charge in [-0.05, 0) is 54.7 Å². The number of hydrogen-bond donors (Lipinski definition) is 1. The van der Waals surface area contributed by atoms with Crippen LogP contribution in [0.25, 0.3) is 0 Å². The van der Waals surface area contributed by atoms with Gasteiger partial charge in [0.1, 0.15) is 5.82 Å². The first-order valence-corrected chi connectivity index (χ1v) is 5.88. The molecule has 1 aromatic heterocycles. The van der Waals surface area contributed by atoms with Crippen molar-refractivity contribution in [3.8, 4) is 0 Å². The maximum atomic E-state index is 4.33. The van der Waals surface area contributed by atoms with E-state index < -0.39 is 0 Å². The molecule has 0 saturated carbocycles. The molecule has 1 saturated heterocycles. The van der Waals surface area contributed by atoms with Gasteiger partial charge in [-0.2, -0.15) is 0 Å². The third kappa shape index (κ3) is 2.57. The normalized spacial score (nSPS) is 22.6. The quantitative estimate of drug-likeness (QED) is 0.845. The SMILES string of the molecule is CN1CCC(Nc2ccc(I)cn2)C1. The van der Waals surface area contributed by atoms with Gasteiger partial charge in [0.2, 0.25) is 0 Å². The van der Waals surface area contributed by atoms with E-state index in [-0.39, 0.29) is 0 Å². The number of likely N-dealkylation sites (N-methyl/N-ethyl adjacent to an activating group) is 1. The Bertz CT molecular complexity index is 299. The Balaban J connectivity index is 1.94. The van der Waals surface area contributed by atoms with Gasteiger partial charge in [-0.15, -0.1) is 0 Å². The lowest BCUT2D eigenvalue weighted by molar-refractivity contribution is 0.414. The highest BCUT2D eigenvalue weighted by molar-refractivity contribution is 14.1. The molecule has 1 unspecified atom stereocenters. The molecule has 76 valence electrons. The molecule has 0 radical (unpaired) electrons. The number of rotatable bonds is 2. The molecule has 0 spiro atoms. The van der Waals surface area contributed by atoms with Crippen LogP contribution in [0, 0.1) is 3.57 Å². The van der Waals surface area contributed by atoms with Gasteiger partial charge >= 0.3 is 0 Å². The zero-order valence-corrected chi connectivity index (χ0v) is 10.4. The molecule has 0 aromatic carbocycles. The number of nitrogens with one attached hydrogen (secondary N) is 1. The first-order chi connectivity index (χ1) is 6.74. The standard InChI is InChI=1S/C10H14IN3/c1-14-5-4-9(7-14)13-10-3-2-8(11)6-12-10/h2-3,6,9H,4-5,7H2,1H3,(H,12,13). The van der Waals surface area contributed by atoms with Crippen molar-refractivity contribution in [3.05, 3.63) is 21.9 Å². The van der Waals surface area contributed by atoms with Crippen molar-refractivity contribution in [1.29, 1.82) is 0 Å². The predicted molar refractivity (Wildman–Crippen MR) is 66.5 cm³/mol. The highest BCUT2D eigenvalue weighted by Gasteiger charge is 2.18. The second-order valence-corrected chi connectivity index (χ2v) is 5.00. The van der Waals surface area contributed by atoms with E-state index in [2.05, 4.69) is 50.9 Å². The van der Waals surface area contributed by atoms with E-state index in [0.717, 1.165) is 12.4 Å². The molecule has 1 aliphatic rings. The number of likely N-dealkylation sites (tertiary alicyclic amines) is 1. The fraction of sp³-hybridized carbons (Fsp3) is 0.500. The van der Waals surface area contributed by atoms with E-state index in [1.807, 2.05) is 12.3 Å². The van der Waals surface area contributed by atoms with Crippen LogP contribution < -0.4 is 5.32 Å². The molecule has 0 amide bonds. The largest absolute Gasteiger partial charge is 0.366 e. The third-order valence-corrected chi connectivity index (χ3v) is 3.11. The van der Waals surface area contributed by atoms with Crippen LogP contribution in [-0.4, -0.2) is 36.1 Å². The Labute approximate surface area is 98.0 Å². The molecule has 14 heavy (non-hydrogen) atoms. The van der Waals surface area contributed by atoms with Crippen molar-refractivity contribution in [2.45, 2.75) is 12.5 Å². The number of halogens is 1. The molecule has 1 aromatic rings. The highest BCUT2D eigenvalue weighted by Crippen LogP contribution is 2.13. The second kappa shape index (κ2) is 4.44. The Morgan fingerprint density at radius 1 is 1.57 bits per heavy atom. The molecule has 1 N–H and O–H groups in total. The molecule has 4 heteroatoms. The van der Waals surface area contributed by atoms with Gasteiger partial charge in [0.25, 0.3) is 0 Å². The molecule has 3 nitrogen and oxygen atoms in total. The summed E-state index contributed by atoms with van der Waals surface area (Å²) in [5.74, 6) is 0.991. The summed E-state index contributed by atoms with van der Waals surface area (Å²) in [6.07, 6.45) is 3.10. The van der Waals surface area contributed by atoms with Crippen molar-refractivity contribution >= 4 is 28.4 Å². The Morgan fingerprint density at radius 3 is 3.00 bits per heavy atom. The van der Waals surface area contributed by atoms with Crippen LogP contribution in [0.5, 0.6) is 0 Å². The maximum absolute atomic E-state index is 4.33. The van der Waals surface area contributed by atoms with E-state index in [1.54, 1.807) is 0 Å². The molecule has 1 fully saturated rings. The fourth-order valence-corrected chi connectivity index (χ4v) is 2.04. The zero-order valence-electron chi connectivity index (χ0n) is 8.20. The second-order valence-electron chi connectivity index (χ2n) is 3.75. The lowest BCUT2D eigenvalue weighted by Gasteiger charge is -2.13.